The van der Waals surface area contributed by atoms with E-state index in [2.05, 4.69) is 15.4 Å². The topological polar surface area (TPSA) is 91.2 Å². The van der Waals surface area contributed by atoms with Crippen LogP contribution in [-0.4, -0.2) is 25.5 Å². The molecule has 0 aliphatic carbocycles. The van der Waals surface area contributed by atoms with Gasteiger partial charge in [-0.25, -0.2) is 4.79 Å². The molecule has 0 bridgehead atoms. The van der Waals surface area contributed by atoms with Crippen LogP contribution in [0, 0.1) is 11.3 Å². The van der Waals surface area contributed by atoms with Gasteiger partial charge in [-0.3, -0.25) is 4.79 Å². The van der Waals surface area contributed by atoms with Crippen molar-refractivity contribution in [3.8, 4) is 6.07 Å². The Labute approximate surface area is 144 Å². The average molecular weight is 344 g/mol. The van der Waals surface area contributed by atoms with E-state index in [-0.39, 0.29) is 12.5 Å². The Morgan fingerprint density at radius 1 is 1.21 bits per heavy atom. The molecule has 2 aromatic carbocycles. The van der Waals surface area contributed by atoms with Gasteiger partial charge in [0.2, 0.25) is 5.91 Å². The number of carbonyl (C=O) groups excluding carboxylic acids is 2. The second-order valence-electron chi connectivity index (χ2n) is 4.78. The average Bonchev–Trinajstić information content (AvgIpc) is 2.61. The molecule has 0 heterocycles. The van der Waals surface area contributed by atoms with Crippen molar-refractivity contribution in [1.29, 1.82) is 5.26 Å². The van der Waals surface area contributed by atoms with E-state index in [0.29, 0.717) is 27.5 Å². The summed E-state index contributed by atoms with van der Waals surface area (Å²) in [6.45, 7) is -0.0374. The molecule has 122 valence electrons. The molecule has 0 aromatic heterocycles. The number of methoxy groups -OCH3 is 1. The van der Waals surface area contributed by atoms with E-state index >= 15 is 0 Å². The molecule has 0 atom stereocenters. The molecule has 2 aromatic rings. The van der Waals surface area contributed by atoms with Crippen molar-refractivity contribution >= 4 is 34.9 Å². The van der Waals surface area contributed by atoms with Crippen LogP contribution in [0.2, 0.25) is 5.02 Å². The van der Waals surface area contributed by atoms with Gasteiger partial charge in [0.1, 0.15) is 0 Å². The number of halogens is 1. The first-order valence-electron chi connectivity index (χ1n) is 6.95. The van der Waals surface area contributed by atoms with Crippen molar-refractivity contribution in [2.75, 3.05) is 24.3 Å². The lowest BCUT2D eigenvalue weighted by molar-refractivity contribution is -0.114. The number of amides is 1. The maximum absolute atomic E-state index is 12.0. The van der Waals surface area contributed by atoms with Gasteiger partial charge in [-0.2, -0.15) is 5.26 Å². The number of nitriles is 1. The minimum absolute atomic E-state index is 0.0374. The van der Waals surface area contributed by atoms with Gasteiger partial charge in [0, 0.05) is 5.69 Å². The van der Waals surface area contributed by atoms with E-state index in [1.54, 1.807) is 30.3 Å². The monoisotopic (exact) mass is 343 g/mol. The molecular weight excluding hydrogens is 330 g/mol. The standard InChI is InChI=1S/C17H14ClN3O3/c1-24-17(23)12-4-7-14(18)15(8-12)20-10-16(22)21-13-5-2-11(9-19)3-6-13/h2-8,20H,10H2,1H3,(H,21,22). The van der Waals surface area contributed by atoms with Gasteiger partial charge in [0.25, 0.3) is 0 Å². The number of hydrogen-bond donors (Lipinski definition) is 2. The Hall–Kier alpha value is -3.04. The number of rotatable bonds is 5. The summed E-state index contributed by atoms with van der Waals surface area (Å²) in [6.07, 6.45) is 0. The molecule has 0 aliphatic heterocycles. The van der Waals surface area contributed by atoms with Gasteiger partial charge in [-0.05, 0) is 42.5 Å². The van der Waals surface area contributed by atoms with Gasteiger partial charge in [-0.1, -0.05) is 11.6 Å². The van der Waals surface area contributed by atoms with Crippen LogP contribution in [0.3, 0.4) is 0 Å². The fraction of sp³-hybridized carbons (Fsp3) is 0.118. The van der Waals surface area contributed by atoms with E-state index in [0.717, 1.165) is 0 Å². The number of nitrogens with one attached hydrogen (secondary N) is 2. The van der Waals surface area contributed by atoms with Crippen LogP contribution in [-0.2, 0) is 9.53 Å². The normalized spacial score (nSPS) is 9.71. The number of benzene rings is 2. The van der Waals surface area contributed by atoms with Crippen LogP contribution in [0.25, 0.3) is 0 Å². The van der Waals surface area contributed by atoms with Crippen molar-refractivity contribution < 1.29 is 14.3 Å². The maximum atomic E-state index is 12.0. The molecular formula is C17H14ClN3O3. The summed E-state index contributed by atoms with van der Waals surface area (Å²) in [7, 11) is 1.29. The first kappa shape index (κ1) is 17.3. The molecule has 0 fully saturated rings. The second kappa shape index (κ2) is 7.99. The molecule has 24 heavy (non-hydrogen) atoms. The fourth-order valence-electron chi connectivity index (χ4n) is 1.91. The van der Waals surface area contributed by atoms with Crippen LogP contribution in [0.1, 0.15) is 15.9 Å². The van der Waals surface area contributed by atoms with Crippen LogP contribution in [0.5, 0.6) is 0 Å². The van der Waals surface area contributed by atoms with Gasteiger partial charge >= 0.3 is 5.97 Å². The number of nitrogens with zero attached hydrogens (tertiary/aromatic N) is 1. The number of carbonyl (C=O) groups is 2. The minimum Gasteiger partial charge on any atom is -0.465 e. The van der Waals surface area contributed by atoms with Crippen molar-refractivity contribution in [2.45, 2.75) is 0 Å². The Morgan fingerprint density at radius 3 is 2.54 bits per heavy atom. The van der Waals surface area contributed by atoms with Gasteiger partial charge < -0.3 is 15.4 Å². The first-order chi connectivity index (χ1) is 11.5. The highest BCUT2D eigenvalue weighted by molar-refractivity contribution is 6.33. The molecule has 0 saturated carbocycles. The van der Waals surface area contributed by atoms with Crippen LogP contribution >= 0.6 is 11.6 Å². The van der Waals surface area contributed by atoms with E-state index < -0.39 is 5.97 Å². The van der Waals surface area contributed by atoms with Crippen molar-refractivity contribution in [3.05, 3.63) is 58.6 Å². The van der Waals surface area contributed by atoms with Crippen LogP contribution < -0.4 is 10.6 Å². The first-order valence-corrected chi connectivity index (χ1v) is 7.33. The Bertz CT molecular complexity index is 798. The highest BCUT2D eigenvalue weighted by atomic mass is 35.5. The summed E-state index contributed by atoms with van der Waals surface area (Å²) < 4.78 is 4.64. The molecule has 2 rings (SSSR count). The summed E-state index contributed by atoms with van der Waals surface area (Å²) in [4.78, 5) is 23.5. The SMILES string of the molecule is COC(=O)c1ccc(Cl)c(NCC(=O)Nc2ccc(C#N)cc2)c1. The van der Waals surface area contributed by atoms with Gasteiger partial charge in [0.15, 0.2) is 0 Å². The quantitative estimate of drug-likeness (QED) is 0.814. The Balaban J connectivity index is 1.98. The smallest absolute Gasteiger partial charge is 0.337 e. The lowest BCUT2D eigenvalue weighted by Crippen LogP contribution is -2.22. The van der Waals surface area contributed by atoms with E-state index in [9.17, 15) is 9.59 Å². The number of ether oxygens (including phenoxy) is 1. The van der Waals surface area contributed by atoms with Crippen molar-refractivity contribution in [2.24, 2.45) is 0 Å². The lowest BCUT2D eigenvalue weighted by atomic mass is 10.2. The third kappa shape index (κ3) is 4.48. The van der Waals surface area contributed by atoms with E-state index in [1.807, 2.05) is 6.07 Å². The number of esters is 1. The zero-order valence-corrected chi connectivity index (χ0v) is 13.6. The predicted octanol–water partition coefficient (Wildman–Crippen LogP) is 3.05. The molecule has 6 nitrogen and oxygen atoms in total. The molecule has 7 heteroatoms. The van der Waals surface area contributed by atoms with Gasteiger partial charge in [-0.15, -0.1) is 0 Å². The summed E-state index contributed by atoms with van der Waals surface area (Å²) >= 11 is 6.04. The predicted molar refractivity (Wildman–Crippen MR) is 91.1 cm³/mol. The molecule has 0 spiro atoms. The number of anilines is 2. The highest BCUT2D eigenvalue weighted by Gasteiger charge is 2.10. The maximum Gasteiger partial charge on any atom is 0.337 e. The summed E-state index contributed by atoms with van der Waals surface area (Å²) in [5, 5.41) is 14.7. The summed E-state index contributed by atoms with van der Waals surface area (Å²) in [5.74, 6) is -0.781. The third-order valence-corrected chi connectivity index (χ3v) is 3.45. The van der Waals surface area contributed by atoms with E-state index in [4.69, 9.17) is 16.9 Å². The molecule has 0 saturated heterocycles. The van der Waals surface area contributed by atoms with Crippen LogP contribution in [0.4, 0.5) is 11.4 Å². The molecule has 0 aliphatic rings. The van der Waals surface area contributed by atoms with Crippen LogP contribution in [0.15, 0.2) is 42.5 Å². The highest BCUT2D eigenvalue weighted by Crippen LogP contribution is 2.23. The van der Waals surface area contributed by atoms with E-state index in [1.165, 1.54) is 19.2 Å². The Kier molecular flexibility index (Phi) is 5.77. The molecule has 0 radical (unpaired) electrons. The molecule has 0 unspecified atom stereocenters. The second-order valence-corrected chi connectivity index (χ2v) is 5.18. The summed E-state index contributed by atoms with van der Waals surface area (Å²) in [6, 6.07) is 13.1. The van der Waals surface area contributed by atoms with Gasteiger partial charge in [0.05, 0.1) is 41.6 Å². The number of hydrogen-bond acceptors (Lipinski definition) is 5. The zero-order valence-electron chi connectivity index (χ0n) is 12.8. The van der Waals surface area contributed by atoms with Crippen molar-refractivity contribution in [3.63, 3.8) is 0 Å². The molecule has 1 amide bonds. The molecule has 2 N–H and O–H groups in total. The van der Waals surface area contributed by atoms with Crippen molar-refractivity contribution in [1.82, 2.24) is 0 Å². The third-order valence-electron chi connectivity index (χ3n) is 3.12. The zero-order chi connectivity index (χ0) is 17.5. The summed E-state index contributed by atoms with van der Waals surface area (Å²) in [5.41, 5.74) is 1.87. The minimum atomic E-state index is -0.489. The Morgan fingerprint density at radius 2 is 1.92 bits per heavy atom. The lowest BCUT2D eigenvalue weighted by Gasteiger charge is -2.10. The fourth-order valence-corrected chi connectivity index (χ4v) is 2.10. The largest absolute Gasteiger partial charge is 0.465 e.